The summed E-state index contributed by atoms with van der Waals surface area (Å²) < 4.78 is 0. The lowest BCUT2D eigenvalue weighted by Crippen LogP contribution is -2.35. The van der Waals surface area contributed by atoms with Crippen LogP contribution >= 0.6 is 0 Å². The predicted octanol–water partition coefficient (Wildman–Crippen LogP) is 1.52. The van der Waals surface area contributed by atoms with Gasteiger partial charge in [0, 0.05) is 18.5 Å². The first-order chi connectivity index (χ1) is 6.49. The molecular formula is C11H24N2O. The molecule has 0 bridgehead atoms. The molecule has 0 aromatic rings. The topological polar surface area (TPSA) is 55.1 Å². The van der Waals surface area contributed by atoms with Crippen LogP contribution in [0.15, 0.2) is 0 Å². The smallest absolute Gasteiger partial charge is 0.223 e. The van der Waals surface area contributed by atoms with Crippen molar-refractivity contribution in [2.24, 2.45) is 17.6 Å². The Kier molecular flexibility index (Phi) is 6.54. The Morgan fingerprint density at radius 1 is 1.36 bits per heavy atom. The molecule has 0 aliphatic rings. The van der Waals surface area contributed by atoms with Crippen molar-refractivity contribution in [1.82, 2.24) is 5.32 Å². The summed E-state index contributed by atoms with van der Waals surface area (Å²) in [7, 11) is 0. The maximum absolute atomic E-state index is 11.5. The fourth-order valence-corrected chi connectivity index (χ4v) is 1.05. The molecule has 0 rings (SSSR count). The zero-order chi connectivity index (χ0) is 11.1. The first-order valence-corrected chi connectivity index (χ1v) is 5.52. The van der Waals surface area contributed by atoms with E-state index in [1.807, 2.05) is 6.92 Å². The first-order valence-electron chi connectivity index (χ1n) is 5.52. The van der Waals surface area contributed by atoms with Crippen LogP contribution in [0.25, 0.3) is 0 Å². The van der Waals surface area contributed by atoms with E-state index in [-0.39, 0.29) is 17.9 Å². The van der Waals surface area contributed by atoms with Gasteiger partial charge in [0.05, 0.1) is 0 Å². The number of carbonyl (C=O) groups excluding carboxylic acids is 1. The highest BCUT2D eigenvalue weighted by Gasteiger charge is 2.15. The number of hydrogen-bond donors (Lipinski definition) is 2. The van der Waals surface area contributed by atoms with Crippen LogP contribution in [0.1, 0.15) is 40.5 Å². The standard InChI is InChI=1S/C11H24N2O/c1-5-10(12)6-7-13-11(14)9(4)8(2)3/h8-10H,5-7,12H2,1-4H3,(H,13,14). The summed E-state index contributed by atoms with van der Waals surface area (Å²) in [4.78, 5) is 11.5. The Balaban J connectivity index is 3.64. The third-order valence-electron chi connectivity index (χ3n) is 2.75. The molecule has 0 saturated carbocycles. The Morgan fingerprint density at radius 3 is 2.36 bits per heavy atom. The SMILES string of the molecule is CCC(N)CCNC(=O)C(C)C(C)C. The lowest BCUT2D eigenvalue weighted by molar-refractivity contribution is -0.125. The third kappa shape index (κ3) is 5.22. The number of nitrogens with two attached hydrogens (primary N) is 1. The van der Waals surface area contributed by atoms with E-state index in [0.29, 0.717) is 12.5 Å². The molecule has 1 amide bonds. The highest BCUT2D eigenvalue weighted by atomic mass is 16.1. The van der Waals surface area contributed by atoms with Gasteiger partial charge < -0.3 is 11.1 Å². The van der Waals surface area contributed by atoms with Gasteiger partial charge in [-0.1, -0.05) is 27.7 Å². The summed E-state index contributed by atoms with van der Waals surface area (Å²) in [5.41, 5.74) is 5.74. The average molecular weight is 200 g/mol. The van der Waals surface area contributed by atoms with Gasteiger partial charge in [0.15, 0.2) is 0 Å². The summed E-state index contributed by atoms with van der Waals surface area (Å²) in [5, 5.41) is 2.91. The fraction of sp³-hybridized carbons (Fsp3) is 0.909. The van der Waals surface area contributed by atoms with Crippen LogP contribution in [0.2, 0.25) is 0 Å². The van der Waals surface area contributed by atoms with E-state index >= 15 is 0 Å². The van der Waals surface area contributed by atoms with E-state index in [4.69, 9.17) is 5.73 Å². The molecule has 14 heavy (non-hydrogen) atoms. The molecule has 84 valence electrons. The predicted molar refractivity (Wildman–Crippen MR) is 59.9 cm³/mol. The first kappa shape index (κ1) is 13.4. The van der Waals surface area contributed by atoms with Crippen molar-refractivity contribution < 1.29 is 4.79 Å². The molecule has 0 spiro atoms. The molecule has 0 aliphatic heterocycles. The zero-order valence-corrected chi connectivity index (χ0v) is 9.84. The van der Waals surface area contributed by atoms with E-state index in [1.54, 1.807) is 0 Å². The molecule has 3 nitrogen and oxygen atoms in total. The highest BCUT2D eigenvalue weighted by molar-refractivity contribution is 5.78. The van der Waals surface area contributed by atoms with Crippen LogP contribution in [0.3, 0.4) is 0 Å². The average Bonchev–Trinajstić information content (AvgIpc) is 2.15. The summed E-state index contributed by atoms with van der Waals surface area (Å²) >= 11 is 0. The van der Waals surface area contributed by atoms with Crippen LogP contribution in [0, 0.1) is 11.8 Å². The Morgan fingerprint density at radius 2 is 1.93 bits per heavy atom. The number of amides is 1. The quantitative estimate of drug-likeness (QED) is 0.683. The lowest BCUT2D eigenvalue weighted by Gasteiger charge is -2.16. The molecule has 2 unspecified atom stereocenters. The second-order valence-electron chi connectivity index (χ2n) is 4.28. The normalized spacial score (nSPS) is 15.3. The molecule has 3 heteroatoms. The number of rotatable bonds is 6. The van der Waals surface area contributed by atoms with Crippen molar-refractivity contribution in [3.05, 3.63) is 0 Å². The summed E-state index contributed by atoms with van der Waals surface area (Å²) in [6.45, 7) is 8.83. The van der Waals surface area contributed by atoms with E-state index in [9.17, 15) is 4.79 Å². The maximum Gasteiger partial charge on any atom is 0.223 e. The van der Waals surface area contributed by atoms with Gasteiger partial charge in [-0.15, -0.1) is 0 Å². The highest BCUT2D eigenvalue weighted by Crippen LogP contribution is 2.08. The molecular weight excluding hydrogens is 176 g/mol. The molecule has 0 fully saturated rings. The van der Waals surface area contributed by atoms with Crippen LogP contribution in [0.5, 0.6) is 0 Å². The van der Waals surface area contributed by atoms with Crippen molar-refractivity contribution in [3.8, 4) is 0 Å². The largest absolute Gasteiger partial charge is 0.356 e. The summed E-state index contributed by atoms with van der Waals surface area (Å²) in [6, 6.07) is 0.213. The van der Waals surface area contributed by atoms with Crippen LogP contribution in [0.4, 0.5) is 0 Å². The molecule has 0 heterocycles. The Labute approximate surface area is 87.4 Å². The summed E-state index contributed by atoms with van der Waals surface area (Å²) in [6.07, 6.45) is 1.84. The van der Waals surface area contributed by atoms with Crippen molar-refractivity contribution in [2.45, 2.75) is 46.6 Å². The molecule has 3 N–H and O–H groups in total. The second-order valence-corrected chi connectivity index (χ2v) is 4.28. The van der Waals surface area contributed by atoms with Gasteiger partial charge in [-0.2, -0.15) is 0 Å². The van der Waals surface area contributed by atoms with E-state index in [0.717, 1.165) is 12.8 Å². The van der Waals surface area contributed by atoms with E-state index < -0.39 is 0 Å². The van der Waals surface area contributed by atoms with Gasteiger partial charge in [-0.3, -0.25) is 4.79 Å². The van der Waals surface area contributed by atoms with Gasteiger partial charge >= 0.3 is 0 Å². The third-order valence-corrected chi connectivity index (χ3v) is 2.75. The van der Waals surface area contributed by atoms with Crippen LogP contribution in [-0.4, -0.2) is 18.5 Å². The zero-order valence-electron chi connectivity index (χ0n) is 9.84. The lowest BCUT2D eigenvalue weighted by atomic mass is 9.97. The number of nitrogens with one attached hydrogen (secondary N) is 1. The Hall–Kier alpha value is -0.570. The van der Waals surface area contributed by atoms with Crippen LogP contribution < -0.4 is 11.1 Å². The fourth-order valence-electron chi connectivity index (χ4n) is 1.05. The Bertz CT molecular complexity index is 169. The minimum absolute atomic E-state index is 0.0906. The molecule has 0 radical (unpaired) electrons. The molecule has 2 atom stereocenters. The van der Waals surface area contributed by atoms with Crippen LogP contribution in [-0.2, 0) is 4.79 Å². The molecule has 0 saturated heterocycles. The minimum atomic E-state index is 0.0906. The monoisotopic (exact) mass is 200 g/mol. The van der Waals surface area contributed by atoms with Crippen molar-refractivity contribution in [2.75, 3.05) is 6.54 Å². The molecule has 0 aromatic heterocycles. The van der Waals surface area contributed by atoms with Gasteiger partial charge in [0.1, 0.15) is 0 Å². The summed E-state index contributed by atoms with van der Waals surface area (Å²) in [5.74, 6) is 0.631. The van der Waals surface area contributed by atoms with E-state index in [2.05, 4.69) is 26.1 Å². The molecule has 0 aromatic carbocycles. The van der Waals surface area contributed by atoms with Gasteiger partial charge in [-0.25, -0.2) is 0 Å². The second kappa shape index (κ2) is 6.82. The molecule has 0 aliphatic carbocycles. The number of carbonyl (C=O) groups is 1. The van der Waals surface area contributed by atoms with Crippen molar-refractivity contribution in [3.63, 3.8) is 0 Å². The maximum atomic E-state index is 11.5. The van der Waals surface area contributed by atoms with Crippen molar-refractivity contribution >= 4 is 5.91 Å². The minimum Gasteiger partial charge on any atom is -0.356 e. The van der Waals surface area contributed by atoms with Gasteiger partial charge in [0.2, 0.25) is 5.91 Å². The van der Waals surface area contributed by atoms with Gasteiger partial charge in [-0.05, 0) is 18.8 Å². The van der Waals surface area contributed by atoms with Crippen molar-refractivity contribution in [1.29, 1.82) is 0 Å². The van der Waals surface area contributed by atoms with Gasteiger partial charge in [0.25, 0.3) is 0 Å². The van der Waals surface area contributed by atoms with E-state index in [1.165, 1.54) is 0 Å². The number of hydrogen-bond acceptors (Lipinski definition) is 2.